The van der Waals surface area contributed by atoms with E-state index in [0.717, 1.165) is 18.8 Å². The van der Waals surface area contributed by atoms with Crippen LogP contribution in [0.5, 0.6) is 0 Å². The van der Waals surface area contributed by atoms with E-state index in [1.165, 1.54) is 16.7 Å². The van der Waals surface area contributed by atoms with Crippen LogP contribution in [-0.4, -0.2) is 53.9 Å². The third-order valence-electron chi connectivity index (χ3n) is 3.75. The molecule has 1 aromatic carbocycles. The van der Waals surface area contributed by atoms with Crippen LogP contribution < -0.4 is 15.8 Å². The Hall–Kier alpha value is -2.22. The van der Waals surface area contributed by atoms with Crippen molar-refractivity contribution in [3.05, 3.63) is 29.8 Å². The molecule has 2 rings (SSSR count). The smallest absolute Gasteiger partial charge is 0.282 e. The molecule has 1 aliphatic rings. The van der Waals surface area contributed by atoms with Crippen molar-refractivity contribution < 1.29 is 14.4 Å². The van der Waals surface area contributed by atoms with Gasteiger partial charge in [0, 0.05) is 36.6 Å². The Labute approximate surface area is 145 Å². The van der Waals surface area contributed by atoms with Gasteiger partial charge in [0.1, 0.15) is 6.54 Å². The van der Waals surface area contributed by atoms with E-state index in [4.69, 9.17) is 0 Å². The van der Waals surface area contributed by atoms with Crippen LogP contribution in [0.1, 0.15) is 24.2 Å². The molecule has 1 saturated heterocycles. The van der Waals surface area contributed by atoms with Crippen LogP contribution in [0.25, 0.3) is 0 Å². The summed E-state index contributed by atoms with van der Waals surface area (Å²) in [6.45, 7) is 6.44. The highest BCUT2D eigenvalue weighted by atomic mass is 32.2. The molecule has 8 heteroatoms. The number of nitrogens with one attached hydrogen (secondary N) is 2. The van der Waals surface area contributed by atoms with Crippen molar-refractivity contribution in [2.45, 2.75) is 13.8 Å². The number of anilines is 1. The quantitative estimate of drug-likeness (QED) is 0.759. The van der Waals surface area contributed by atoms with Gasteiger partial charge < -0.3 is 9.80 Å². The first-order valence-corrected chi connectivity index (χ1v) is 8.89. The van der Waals surface area contributed by atoms with Crippen molar-refractivity contribution >= 4 is 34.5 Å². The number of carbonyl (C=O) groups is 3. The van der Waals surface area contributed by atoms with E-state index in [1.807, 2.05) is 12.1 Å². The summed E-state index contributed by atoms with van der Waals surface area (Å²) in [5.41, 5.74) is 6.21. The van der Waals surface area contributed by atoms with Crippen LogP contribution in [-0.2, 0) is 4.79 Å². The minimum absolute atomic E-state index is 0.0486. The van der Waals surface area contributed by atoms with Crippen molar-refractivity contribution in [2.24, 2.45) is 0 Å². The number of hydrazine groups is 1. The summed E-state index contributed by atoms with van der Waals surface area (Å²) in [4.78, 5) is 38.9. The minimum atomic E-state index is -0.418. The summed E-state index contributed by atoms with van der Waals surface area (Å²) in [6.07, 6.45) is 0. The number of hydrogen-bond donors (Lipinski definition) is 2. The van der Waals surface area contributed by atoms with Crippen molar-refractivity contribution in [1.29, 1.82) is 0 Å². The highest BCUT2D eigenvalue weighted by Gasteiger charge is 2.23. The van der Waals surface area contributed by atoms with E-state index < -0.39 is 11.8 Å². The molecule has 0 bridgehead atoms. The van der Waals surface area contributed by atoms with Crippen molar-refractivity contribution in [1.82, 2.24) is 15.8 Å². The van der Waals surface area contributed by atoms with Gasteiger partial charge >= 0.3 is 0 Å². The molecule has 0 saturated carbocycles. The first kappa shape index (κ1) is 18.1. The Morgan fingerprint density at radius 2 is 1.83 bits per heavy atom. The van der Waals surface area contributed by atoms with Gasteiger partial charge in [-0.3, -0.25) is 25.2 Å². The summed E-state index contributed by atoms with van der Waals surface area (Å²) >= 11 is 1.19. The number of thioether (sulfide) groups is 1. The molecule has 1 fully saturated rings. The molecule has 1 heterocycles. The summed E-state index contributed by atoms with van der Waals surface area (Å²) in [6, 6.07) is 7.19. The molecule has 7 nitrogen and oxygen atoms in total. The fraction of sp³-hybridized carbons (Fsp3) is 0.438. The summed E-state index contributed by atoms with van der Waals surface area (Å²) in [7, 11) is 0. The summed E-state index contributed by atoms with van der Waals surface area (Å²) < 4.78 is 0. The number of nitrogens with zero attached hydrogens (tertiary/aromatic N) is 2. The predicted octanol–water partition coefficient (Wildman–Crippen LogP) is 1.46. The molecule has 0 aliphatic carbocycles. The summed E-state index contributed by atoms with van der Waals surface area (Å²) in [5.74, 6) is -0.118. The van der Waals surface area contributed by atoms with Crippen LogP contribution in [0.4, 0.5) is 10.5 Å². The number of benzene rings is 1. The number of hydrogen-bond acceptors (Lipinski definition) is 5. The van der Waals surface area contributed by atoms with E-state index in [0.29, 0.717) is 17.9 Å². The molecular weight excluding hydrogens is 328 g/mol. The largest absolute Gasteiger partial charge is 0.372 e. The molecule has 24 heavy (non-hydrogen) atoms. The second kappa shape index (κ2) is 8.58. The maximum Gasteiger partial charge on any atom is 0.282 e. The number of rotatable bonds is 6. The molecular formula is C16H22N4O3S. The van der Waals surface area contributed by atoms with Crippen LogP contribution in [0.15, 0.2) is 24.3 Å². The van der Waals surface area contributed by atoms with Gasteiger partial charge in [-0.15, -0.1) is 0 Å². The normalized spacial score (nSPS) is 13.8. The highest BCUT2D eigenvalue weighted by Crippen LogP contribution is 2.16. The van der Waals surface area contributed by atoms with Gasteiger partial charge in [0.05, 0.1) is 0 Å². The zero-order valence-corrected chi connectivity index (χ0v) is 14.7. The van der Waals surface area contributed by atoms with Gasteiger partial charge in [-0.05, 0) is 38.1 Å². The maximum absolute atomic E-state index is 12.0. The van der Waals surface area contributed by atoms with Crippen molar-refractivity contribution in [3.63, 3.8) is 0 Å². The molecule has 130 valence electrons. The molecule has 0 atom stereocenters. The zero-order chi connectivity index (χ0) is 17.5. The van der Waals surface area contributed by atoms with Gasteiger partial charge in [0.25, 0.3) is 17.1 Å². The predicted molar refractivity (Wildman–Crippen MR) is 95.0 cm³/mol. The third-order valence-corrected chi connectivity index (χ3v) is 4.64. The van der Waals surface area contributed by atoms with E-state index in [1.54, 1.807) is 12.1 Å². The lowest BCUT2D eigenvalue weighted by Gasteiger charge is -2.21. The third kappa shape index (κ3) is 4.64. The lowest BCUT2D eigenvalue weighted by atomic mass is 10.2. The molecule has 0 spiro atoms. The Bertz CT molecular complexity index is 602. The minimum Gasteiger partial charge on any atom is -0.372 e. The zero-order valence-electron chi connectivity index (χ0n) is 13.9. The van der Waals surface area contributed by atoms with Crippen LogP contribution in [0, 0.1) is 0 Å². The SMILES string of the molecule is CCN(CC)c1ccc(C(=O)NNC(=O)CN2CCSC2=O)cc1. The molecule has 1 aromatic rings. The number of carbonyl (C=O) groups excluding carboxylic acids is 3. The van der Waals surface area contributed by atoms with E-state index in [2.05, 4.69) is 29.6 Å². The van der Waals surface area contributed by atoms with E-state index in [-0.39, 0.29) is 11.8 Å². The van der Waals surface area contributed by atoms with Gasteiger partial charge in [0.15, 0.2) is 0 Å². The number of amides is 3. The van der Waals surface area contributed by atoms with Crippen LogP contribution >= 0.6 is 11.8 Å². The Morgan fingerprint density at radius 3 is 2.38 bits per heavy atom. The average Bonchev–Trinajstić information content (AvgIpc) is 2.99. The Balaban J connectivity index is 1.83. The highest BCUT2D eigenvalue weighted by molar-refractivity contribution is 8.13. The standard InChI is InChI=1S/C16H22N4O3S/c1-3-19(4-2)13-7-5-12(6-8-13)15(22)18-17-14(21)11-20-9-10-24-16(20)23/h5-8H,3-4,9-11H2,1-2H3,(H,17,21)(H,18,22). The first-order chi connectivity index (χ1) is 11.5. The lowest BCUT2D eigenvalue weighted by molar-refractivity contribution is -0.122. The second-order valence-electron chi connectivity index (χ2n) is 5.26. The topological polar surface area (TPSA) is 81.8 Å². The molecule has 2 N–H and O–H groups in total. The van der Waals surface area contributed by atoms with Crippen molar-refractivity contribution in [3.8, 4) is 0 Å². The van der Waals surface area contributed by atoms with Gasteiger partial charge in [-0.1, -0.05) is 11.8 Å². The van der Waals surface area contributed by atoms with Gasteiger partial charge in [-0.2, -0.15) is 0 Å². The summed E-state index contributed by atoms with van der Waals surface area (Å²) in [5, 5.41) is -0.108. The van der Waals surface area contributed by atoms with Crippen LogP contribution in [0.2, 0.25) is 0 Å². The molecule has 1 aliphatic heterocycles. The average molecular weight is 350 g/mol. The van der Waals surface area contributed by atoms with Crippen LogP contribution in [0.3, 0.4) is 0 Å². The fourth-order valence-electron chi connectivity index (χ4n) is 2.39. The lowest BCUT2D eigenvalue weighted by Crippen LogP contribution is -2.46. The van der Waals surface area contributed by atoms with Crippen molar-refractivity contribution in [2.75, 3.05) is 36.8 Å². The second-order valence-corrected chi connectivity index (χ2v) is 6.30. The first-order valence-electron chi connectivity index (χ1n) is 7.91. The van der Waals surface area contributed by atoms with Gasteiger partial charge in [-0.25, -0.2) is 0 Å². The van der Waals surface area contributed by atoms with E-state index >= 15 is 0 Å². The van der Waals surface area contributed by atoms with Gasteiger partial charge in [0.2, 0.25) is 0 Å². The fourth-order valence-corrected chi connectivity index (χ4v) is 3.22. The molecule has 0 radical (unpaired) electrons. The molecule has 3 amide bonds. The Kier molecular flexibility index (Phi) is 6.48. The monoisotopic (exact) mass is 350 g/mol. The maximum atomic E-state index is 12.0. The molecule has 0 aromatic heterocycles. The molecule has 0 unspecified atom stereocenters. The van der Waals surface area contributed by atoms with E-state index in [9.17, 15) is 14.4 Å². The Morgan fingerprint density at radius 1 is 1.17 bits per heavy atom.